The highest BCUT2D eigenvalue weighted by Gasteiger charge is 2.37. The SMILES string of the molecule is CSCCNCc1ccc(C(O)(c2ccc3c(c2)c(-c2cccc(Cl)c2)cc(=O)n3C)c2cncn2C)cc1. The topological polar surface area (TPSA) is 72.1 Å². The molecule has 3 aromatic carbocycles. The zero-order chi connectivity index (χ0) is 27.6. The molecule has 2 heterocycles. The van der Waals surface area contributed by atoms with Gasteiger partial charge in [0.25, 0.3) is 5.56 Å². The van der Waals surface area contributed by atoms with Gasteiger partial charge in [0.2, 0.25) is 0 Å². The predicted molar refractivity (Wildman–Crippen MR) is 161 cm³/mol. The van der Waals surface area contributed by atoms with Crippen LogP contribution in [0.15, 0.2) is 90.1 Å². The van der Waals surface area contributed by atoms with Crippen LogP contribution < -0.4 is 10.9 Å². The fourth-order valence-electron chi connectivity index (χ4n) is 5.02. The van der Waals surface area contributed by atoms with Gasteiger partial charge in [0.05, 0.1) is 23.7 Å². The Morgan fingerprint density at radius 3 is 2.49 bits per heavy atom. The van der Waals surface area contributed by atoms with Crippen LogP contribution in [0, 0.1) is 0 Å². The van der Waals surface area contributed by atoms with Gasteiger partial charge in [-0.25, -0.2) is 4.98 Å². The number of nitrogens with one attached hydrogen (secondary N) is 1. The predicted octanol–water partition coefficient (Wildman–Crippen LogP) is 5.33. The van der Waals surface area contributed by atoms with Crippen LogP contribution in [0.3, 0.4) is 0 Å². The third-order valence-corrected chi connectivity index (χ3v) is 8.02. The molecule has 0 spiro atoms. The van der Waals surface area contributed by atoms with Crippen molar-refractivity contribution in [1.29, 1.82) is 0 Å². The van der Waals surface area contributed by atoms with E-state index < -0.39 is 5.60 Å². The van der Waals surface area contributed by atoms with Crippen LogP contribution >= 0.6 is 23.4 Å². The fraction of sp³-hybridized carbons (Fsp3) is 0.226. The lowest BCUT2D eigenvalue weighted by atomic mass is 9.82. The first-order valence-corrected chi connectivity index (χ1v) is 14.5. The Kier molecular flexibility index (Phi) is 7.96. The average Bonchev–Trinajstić information content (AvgIpc) is 3.39. The van der Waals surface area contributed by atoms with Crippen molar-refractivity contribution in [3.05, 3.63) is 123 Å². The number of hydrogen-bond donors (Lipinski definition) is 2. The molecule has 0 radical (unpaired) electrons. The minimum atomic E-state index is -1.48. The molecule has 0 saturated heterocycles. The molecule has 0 aliphatic heterocycles. The van der Waals surface area contributed by atoms with E-state index in [4.69, 9.17) is 11.6 Å². The molecule has 2 aromatic heterocycles. The maximum Gasteiger partial charge on any atom is 0.251 e. The van der Waals surface area contributed by atoms with Gasteiger partial charge in [-0.05, 0) is 58.3 Å². The number of pyridine rings is 1. The van der Waals surface area contributed by atoms with Gasteiger partial charge in [0.1, 0.15) is 0 Å². The molecule has 5 aromatic rings. The van der Waals surface area contributed by atoms with E-state index in [1.165, 1.54) is 0 Å². The van der Waals surface area contributed by atoms with Crippen LogP contribution in [0.5, 0.6) is 0 Å². The smallest absolute Gasteiger partial charge is 0.251 e. The van der Waals surface area contributed by atoms with Crippen LogP contribution in [-0.4, -0.2) is 37.8 Å². The van der Waals surface area contributed by atoms with E-state index in [9.17, 15) is 9.90 Å². The lowest BCUT2D eigenvalue weighted by Crippen LogP contribution is -2.31. The minimum absolute atomic E-state index is 0.117. The van der Waals surface area contributed by atoms with E-state index in [1.807, 2.05) is 90.1 Å². The zero-order valence-electron chi connectivity index (χ0n) is 22.2. The van der Waals surface area contributed by atoms with Crippen LogP contribution in [0.25, 0.3) is 22.0 Å². The molecular weight excluding hydrogens is 528 g/mol. The molecular formula is C31H31ClN4O2S. The summed E-state index contributed by atoms with van der Waals surface area (Å²) in [6, 6.07) is 22.9. The summed E-state index contributed by atoms with van der Waals surface area (Å²) < 4.78 is 3.45. The summed E-state index contributed by atoms with van der Waals surface area (Å²) in [6.45, 7) is 1.70. The Morgan fingerprint density at radius 2 is 1.79 bits per heavy atom. The van der Waals surface area contributed by atoms with E-state index in [0.717, 1.165) is 52.0 Å². The third-order valence-electron chi connectivity index (χ3n) is 7.17. The second-order valence-electron chi connectivity index (χ2n) is 9.66. The Labute approximate surface area is 237 Å². The maximum atomic E-state index is 12.9. The van der Waals surface area contributed by atoms with Crippen molar-refractivity contribution in [2.45, 2.75) is 12.1 Å². The van der Waals surface area contributed by atoms with Gasteiger partial charge < -0.3 is 19.6 Å². The van der Waals surface area contributed by atoms with E-state index in [-0.39, 0.29) is 5.56 Å². The molecule has 39 heavy (non-hydrogen) atoms. The molecule has 6 nitrogen and oxygen atoms in total. The molecule has 8 heteroatoms. The molecule has 1 unspecified atom stereocenters. The number of hydrogen-bond acceptors (Lipinski definition) is 5. The number of aromatic nitrogens is 3. The quantitative estimate of drug-likeness (QED) is 0.239. The second kappa shape index (κ2) is 11.4. The Morgan fingerprint density at radius 1 is 1.03 bits per heavy atom. The first-order chi connectivity index (χ1) is 18.8. The standard InChI is InChI=1S/C31H31ClN4O2S/c1-35-20-34-19-29(35)31(38,23-9-7-21(8-10-23)18-33-13-14-39-3)24-11-12-28-27(16-24)26(17-30(37)36(28)2)22-5-4-6-25(32)15-22/h4-12,15-17,19-20,33,38H,13-14,18H2,1-3H3. The summed E-state index contributed by atoms with van der Waals surface area (Å²) >= 11 is 8.12. The van der Waals surface area contributed by atoms with Gasteiger partial charge in [0.15, 0.2) is 5.60 Å². The second-order valence-corrected chi connectivity index (χ2v) is 11.1. The molecule has 1 atom stereocenters. The molecule has 0 aliphatic rings. The largest absolute Gasteiger partial charge is 0.374 e. The average molecular weight is 559 g/mol. The summed E-state index contributed by atoms with van der Waals surface area (Å²) in [5.74, 6) is 1.06. The van der Waals surface area contributed by atoms with Crippen molar-refractivity contribution in [1.82, 2.24) is 19.4 Å². The molecule has 0 saturated carbocycles. The Bertz CT molecular complexity index is 1680. The number of fused-ring (bicyclic) bond motifs is 1. The van der Waals surface area contributed by atoms with Crippen LogP contribution in [0.4, 0.5) is 0 Å². The van der Waals surface area contributed by atoms with Crippen molar-refractivity contribution in [3.63, 3.8) is 0 Å². The summed E-state index contributed by atoms with van der Waals surface area (Å²) in [4.78, 5) is 17.2. The first kappa shape index (κ1) is 27.2. The normalized spacial score (nSPS) is 13.1. The van der Waals surface area contributed by atoms with Gasteiger partial charge >= 0.3 is 0 Å². The first-order valence-electron chi connectivity index (χ1n) is 12.7. The van der Waals surface area contributed by atoms with Crippen LogP contribution in [0.1, 0.15) is 22.4 Å². The van der Waals surface area contributed by atoms with Crippen molar-refractivity contribution >= 4 is 34.3 Å². The number of rotatable bonds is 9. The summed E-state index contributed by atoms with van der Waals surface area (Å²) in [5, 5.41) is 17.4. The van der Waals surface area contributed by atoms with Gasteiger partial charge in [-0.3, -0.25) is 4.79 Å². The summed E-state index contributed by atoms with van der Waals surface area (Å²) in [7, 11) is 3.63. The van der Waals surface area contributed by atoms with Crippen LogP contribution in [0.2, 0.25) is 5.02 Å². The van der Waals surface area contributed by atoms with Gasteiger partial charge in [-0.1, -0.05) is 54.1 Å². The number of thioether (sulfide) groups is 1. The van der Waals surface area contributed by atoms with Gasteiger partial charge in [-0.2, -0.15) is 11.8 Å². The van der Waals surface area contributed by atoms with Crippen molar-refractivity contribution in [2.75, 3.05) is 18.6 Å². The molecule has 200 valence electrons. The Balaban J connectivity index is 1.67. The van der Waals surface area contributed by atoms with E-state index in [1.54, 1.807) is 30.2 Å². The Hall–Kier alpha value is -3.36. The number of benzene rings is 3. The summed E-state index contributed by atoms with van der Waals surface area (Å²) in [6.07, 6.45) is 5.48. The highest BCUT2D eigenvalue weighted by atomic mass is 35.5. The van der Waals surface area contributed by atoms with Crippen molar-refractivity contribution in [2.24, 2.45) is 14.1 Å². The molecule has 0 bridgehead atoms. The van der Waals surface area contributed by atoms with Crippen molar-refractivity contribution < 1.29 is 5.11 Å². The summed E-state index contributed by atoms with van der Waals surface area (Å²) in [5.41, 5.74) is 3.95. The van der Waals surface area contributed by atoms with E-state index >= 15 is 0 Å². The number of imidazole rings is 1. The number of halogens is 1. The number of aryl methyl sites for hydroxylation is 2. The third kappa shape index (κ3) is 5.28. The highest BCUT2D eigenvalue weighted by Crippen LogP contribution is 2.39. The molecule has 5 rings (SSSR count). The highest BCUT2D eigenvalue weighted by molar-refractivity contribution is 7.98. The lowest BCUT2D eigenvalue weighted by molar-refractivity contribution is 0.117. The molecule has 2 N–H and O–H groups in total. The number of aliphatic hydroxyl groups is 1. The molecule has 0 aliphatic carbocycles. The maximum absolute atomic E-state index is 12.9. The monoisotopic (exact) mass is 558 g/mol. The fourth-order valence-corrected chi connectivity index (χ4v) is 5.56. The van der Waals surface area contributed by atoms with Crippen molar-refractivity contribution in [3.8, 4) is 11.1 Å². The van der Waals surface area contributed by atoms with Crippen LogP contribution in [-0.2, 0) is 26.2 Å². The van der Waals surface area contributed by atoms with Gasteiger partial charge in [0, 0.05) is 49.4 Å². The van der Waals surface area contributed by atoms with E-state index in [2.05, 4.69) is 16.6 Å². The zero-order valence-corrected chi connectivity index (χ0v) is 23.8. The molecule has 0 amide bonds. The minimum Gasteiger partial charge on any atom is -0.374 e. The molecule has 0 fully saturated rings. The van der Waals surface area contributed by atoms with Gasteiger partial charge in [-0.15, -0.1) is 0 Å². The lowest BCUT2D eigenvalue weighted by Gasteiger charge is -2.30. The van der Waals surface area contributed by atoms with E-state index in [0.29, 0.717) is 16.3 Å². The number of nitrogens with zero attached hydrogens (tertiary/aromatic N) is 3.